The summed E-state index contributed by atoms with van der Waals surface area (Å²) in [5.41, 5.74) is 2.00. The summed E-state index contributed by atoms with van der Waals surface area (Å²) in [6.07, 6.45) is 6.12. The van der Waals surface area contributed by atoms with E-state index in [2.05, 4.69) is 0 Å². The Bertz CT molecular complexity index is 580. The quantitative estimate of drug-likeness (QED) is 0.785. The largest absolute Gasteiger partial charge is 0.297 e. The van der Waals surface area contributed by atoms with E-state index in [0.717, 1.165) is 17.6 Å². The van der Waals surface area contributed by atoms with Crippen molar-refractivity contribution in [2.45, 2.75) is 31.3 Å². The number of allylic oxidation sites excluding steroid dienone is 3. The molecule has 18 heavy (non-hydrogen) atoms. The molecule has 4 heteroatoms. The van der Waals surface area contributed by atoms with Crippen LogP contribution in [0.25, 0.3) is 0 Å². The third kappa shape index (κ3) is 2.89. The van der Waals surface area contributed by atoms with Gasteiger partial charge in [-0.15, -0.1) is 0 Å². The van der Waals surface area contributed by atoms with Gasteiger partial charge in [0.15, 0.2) is 0 Å². The summed E-state index contributed by atoms with van der Waals surface area (Å²) in [6, 6.07) is 6.66. The van der Waals surface area contributed by atoms with Crippen LogP contribution in [0, 0.1) is 6.92 Å². The molecule has 0 spiro atoms. The molecular weight excluding hydrogens is 248 g/mol. The Balaban J connectivity index is 2.14. The number of aryl methyl sites for hydroxylation is 1. The first kappa shape index (κ1) is 13.1. The van der Waals surface area contributed by atoms with Crippen LogP contribution in [0.2, 0.25) is 0 Å². The van der Waals surface area contributed by atoms with E-state index in [1.54, 1.807) is 31.2 Å². The first-order chi connectivity index (χ1) is 8.49. The number of hydrogen-bond acceptors (Lipinski definition) is 3. The zero-order valence-electron chi connectivity index (χ0n) is 10.5. The van der Waals surface area contributed by atoms with Crippen molar-refractivity contribution in [2.75, 3.05) is 0 Å². The van der Waals surface area contributed by atoms with Crippen molar-refractivity contribution >= 4 is 10.1 Å². The number of benzene rings is 1. The Morgan fingerprint density at radius 2 is 1.89 bits per heavy atom. The highest BCUT2D eigenvalue weighted by Crippen LogP contribution is 2.22. The Hall–Kier alpha value is -1.39. The lowest BCUT2D eigenvalue weighted by atomic mass is 10.1. The SMILES string of the molecule is Cc1ccc(S(=O)(=O)OC(C)C2=CC=CC2)cc1. The van der Waals surface area contributed by atoms with E-state index < -0.39 is 16.2 Å². The van der Waals surface area contributed by atoms with Gasteiger partial charge in [-0.3, -0.25) is 4.18 Å². The molecular formula is C14H16O3S. The van der Waals surface area contributed by atoms with Gasteiger partial charge >= 0.3 is 0 Å². The van der Waals surface area contributed by atoms with E-state index in [9.17, 15) is 8.42 Å². The van der Waals surface area contributed by atoms with Crippen LogP contribution in [0.3, 0.4) is 0 Å². The molecule has 0 N–H and O–H groups in total. The molecule has 0 aliphatic heterocycles. The van der Waals surface area contributed by atoms with Crippen LogP contribution >= 0.6 is 0 Å². The van der Waals surface area contributed by atoms with Gasteiger partial charge in [0.2, 0.25) is 0 Å². The Kier molecular flexibility index (Phi) is 3.68. The van der Waals surface area contributed by atoms with Gasteiger partial charge in [0.25, 0.3) is 10.1 Å². The fraction of sp³-hybridized carbons (Fsp3) is 0.286. The van der Waals surface area contributed by atoms with Gasteiger partial charge in [0.05, 0.1) is 11.0 Å². The van der Waals surface area contributed by atoms with Gasteiger partial charge in [0, 0.05) is 0 Å². The van der Waals surface area contributed by atoms with Crippen LogP contribution in [0.1, 0.15) is 18.9 Å². The van der Waals surface area contributed by atoms with Crippen LogP contribution < -0.4 is 0 Å². The van der Waals surface area contributed by atoms with E-state index in [-0.39, 0.29) is 4.90 Å². The van der Waals surface area contributed by atoms with Gasteiger partial charge in [0.1, 0.15) is 0 Å². The second-order valence-corrected chi connectivity index (χ2v) is 5.95. The second kappa shape index (κ2) is 5.08. The lowest BCUT2D eigenvalue weighted by Gasteiger charge is -2.14. The zero-order chi connectivity index (χ0) is 13.2. The summed E-state index contributed by atoms with van der Waals surface area (Å²) in [5.74, 6) is 0. The standard InChI is InChI=1S/C14H16O3S/c1-11-7-9-14(10-8-11)18(15,16)17-12(2)13-5-3-4-6-13/h3-5,7-10,12H,6H2,1-2H3. The molecule has 1 atom stereocenters. The Morgan fingerprint density at radius 1 is 1.22 bits per heavy atom. The van der Waals surface area contributed by atoms with E-state index in [0.29, 0.717) is 0 Å². The summed E-state index contributed by atoms with van der Waals surface area (Å²) in [4.78, 5) is 0.200. The molecule has 1 unspecified atom stereocenters. The Morgan fingerprint density at radius 3 is 2.44 bits per heavy atom. The maximum atomic E-state index is 12.0. The average molecular weight is 264 g/mol. The van der Waals surface area contributed by atoms with Gasteiger partial charge in [-0.1, -0.05) is 35.9 Å². The highest BCUT2D eigenvalue weighted by atomic mass is 32.2. The van der Waals surface area contributed by atoms with Crippen molar-refractivity contribution in [2.24, 2.45) is 0 Å². The third-order valence-electron chi connectivity index (χ3n) is 2.90. The van der Waals surface area contributed by atoms with E-state index in [1.807, 2.05) is 25.2 Å². The molecule has 3 nitrogen and oxygen atoms in total. The molecule has 0 saturated heterocycles. The third-order valence-corrected chi connectivity index (χ3v) is 4.29. The normalized spacial score (nSPS) is 16.7. The lowest BCUT2D eigenvalue weighted by molar-refractivity contribution is 0.261. The fourth-order valence-corrected chi connectivity index (χ4v) is 2.86. The van der Waals surface area contributed by atoms with E-state index >= 15 is 0 Å². The molecule has 1 aromatic rings. The van der Waals surface area contributed by atoms with E-state index in [4.69, 9.17) is 4.18 Å². The maximum Gasteiger partial charge on any atom is 0.297 e. The highest BCUT2D eigenvalue weighted by molar-refractivity contribution is 7.86. The molecule has 0 amide bonds. The smallest absolute Gasteiger partial charge is 0.259 e. The fourth-order valence-electron chi connectivity index (χ4n) is 1.78. The zero-order valence-corrected chi connectivity index (χ0v) is 11.3. The van der Waals surface area contributed by atoms with Crippen molar-refractivity contribution in [3.63, 3.8) is 0 Å². The maximum absolute atomic E-state index is 12.0. The van der Waals surface area contributed by atoms with Crippen LogP contribution in [0.5, 0.6) is 0 Å². The molecule has 1 aromatic carbocycles. The molecule has 0 aromatic heterocycles. The lowest BCUT2D eigenvalue weighted by Crippen LogP contribution is -2.17. The number of hydrogen-bond donors (Lipinski definition) is 0. The molecule has 2 rings (SSSR count). The minimum Gasteiger partial charge on any atom is -0.259 e. The summed E-state index contributed by atoms with van der Waals surface area (Å²) in [5, 5.41) is 0. The number of rotatable bonds is 4. The van der Waals surface area contributed by atoms with Crippen molar-refractivity contribution in [1.82, 2.24) is 0 Å². The van der Waals surface area contributed by atoms with Crippen molar-refractivity contribution < 1.29 is 12.6 Å². The predicted molar refractivity (Wildman–Crippen MR) is 70.8 cm³/mol. The average Bonchev–Trinajstić information content (AvgIpc) is 2.82. The molecule has 0 fully saturated rings. The van der Waals surface area contributed by atoms with Gasteiger partial charge in [-0.2, -0.15) is 8.42 Å². The highest BCUT2D eigenvalue weighted by Gasteiger charge is 2.21. The molecule has 1 aliphatic carbocycles. The van der Waals surface area contributed by atoms with Crippen LogP contribution in [-0.2, 0) is 14.3 Å². The summed E-state index contributed by atoms with van der Waals surface area (Å²) in [6.45, 7) is 3.67. The molecule has 0 radical (unpaired) electrons. The minimum absolute atomic E-state index is 0.200. The van der Waals surface area contributed by atoms with Gasteiger partial charge in [-0.25, -0.2) is 0 Å². The van der Waals surface area contributed by atoms with Crippen molar-refractivity contribution in [3.05, 3.63) is 53.6 Å². The van der Waals surface area contributed by atoms with Crippen LogP contribution in [-0.4, -0.2) is 14.5 Å². The van der Waals surface area contributed by atoms with Crippen molar-refractivity contribution in [3.8, 4) is 0 Å². The topological polar surface area (TPSA) is 43.4 Å². The predicted octanol–water partition coefficient (Wildman–Crippen LogP) is 2.98. The van der Waals surface area contributed by atoms with Crippen LogP contribution in [0.4, 0.5) is 0 Å². The molecule has 0 saturated carbocycles. The van der Waals surface area contributed by atoms with Gasteiger partial charge < -0.3 is 0 Å². The molecule has 0 bridgehead atoms. The Labute approximate surface area is 108 Å². The van der Waals surface area contributed by atoms with Crippen molar-refractivity contribution in [1.29, 1.82) is 0 Å². The molecule has 0 heterocycles. The summed E-state index contributed by atoms with van der Waals surface area (Å²) < 4.78 is 29.3. The molecule has 96 valence electrons. The second-order valence-electron chi connectivity index (χ2n) is 4.38. The van der Waals surface area contributed by atoms with Gasteiger partial charge in [-0.05, 0) is 38.0 Å². The molecule has 1 aliphatic rings. The van der Waals surface area contributed by atoms with Crippen LogP contribution in [0.15, 0.2) is 53.0 Å². The first-order valence-electron chi connectivity index (χ1n) is 5.84. The first-order valence-corrected chi connectivity index (χ1v) is 7.25. The summed E-state index contributed by atoms with van der Waals surface area (Å²) in [7, 11) is -3.68. The minimum atomic E-state index is -3.68. The summed E-state index contributed by atoms with van der Waals surface area (Å²) >= 11 is 0. The monoisotopic (exact) mass is 264 g/mol. The van der Waals surface area contributed by atoms with E-state index in [1.165, 1.54) is 0 Å².